The van der Waals surface area contributed by atoms with E-state index in [0.717, 1.165) is 10.4 Å². The lowest BCUT2D eigenvalue weighted by atomic mass is 10.5. The summed E-state index contributed by atoms with van der Waals surface area (Å²) < 4.78 is 5.88. The molecular weight excluding hydrogens is 248 g/mol. The second-order valence-corrected chi connectivity index (χ2v) is 2.74. The molecule has 0 aromatic carbocycles. The molecule has 1 rings (SSSR count). The molecule has 0 N–H and O–H groups in total. The maximum Gasteiger partial charge on any atom is 0.169 e. The first-order chi connectivity index (χ1) is 4.33. The van der Waals surface area contributed by atoms with Gasteiger partial charge in [-0.25, -0.2) is 0 Å². The smallest absolute Gasteiger partial charge is 0.169 e. The topological polar surface area (TPSA) is 13.1 Å². The quantitative estimate of drug-likeness (QED) is 0.746. The Morgan fingerprint density at radius 2 is 2.22 bits per heavy atom. The Labute approximate surface area is 70.0 Å². The molecular formula is C6H4Br2O. The van der Waals surface area contributed by atoms with Crippen molar-refractivity contribution in [2.45, 2.75) is 0 Å². The summed E-state index contributed by atoms with van der Waals surface area (Å²) in [5.74, 6) is 0.832. The fourth-order valence-electron chi connectivity index (χ4n) is 0.480. The van der Waals surface area contributed by atoms with Crippen molar-refractivity contribution in [1.82, 2.24) is 0 Å². The van der Waals surface area contributed by atoms with E-state index >= 15 is 0 Å². The van der Waals surface area contributed by atoms with Crippen molar-refractivity contribution in [2.24, 2.45) is 0 Å². The van der Waals surface area contributed by atoms with Gasteiger partial charge in [0, 0.05) is 0 Å². The van der Waals surface area contributed by atoms with Crippen LogP contribution in [0.3, 0.4) is 0 Å². The minimum atomic E-state index is 0.753. The van der Waals surface area contributed by atoms with E-state index in [9.17, 15) is 0 Å². The molecule has 0 fully saturated rings. The second-order valence-electron chi connectivity index (χ2n) is 1.43. The zero-order valence-electron chi connectivity index (χ0n) is 4.47. The Balaban J connectivity index is 2.85. The highest BCUT2D eigenvalue weighted by Gasteiger charge is 1.91. The molecule has 1 aromatic rings. The van der Waals surface area contributed by atoms with Crippen molar-refractivity contribution in [3.8, 4) is 0 Å². The van der Waals surface area contributed by atoms with Gasteiger partial charge in [-0.1, -0.05) is 15.9 Å². The normalized spacial score (nSPS) is 10.9. The highest BCUT2D eigenvalue weighted by Crippen LogP contribution is 2.15. The summed E-state index contributed by atoms with van der Waals surface area (Å²) in [6.07, 6.45) is 1.82. The van der Waals surface area contributed by atoms with E-state index in [1.54, 1.807) is 4.99 Å². The summed E-state index contributed by atoms with van der Waals surface area (Å²) in [4.78, 5) is 1.75. The van der Waals surface area contributed by atoms with Crippen molar-refractivity contribution in [3.05, 3.63) is 27.5 Å². The average Bonchev–Trinajstić information content (AvgIpc) is 2.17. The third-order valence-electron chi connectivity index (χ3n) is 0.821. The minimum Gasteiger partial charge on any atom is -0.450 e. The average molecular weight is 252 g/mol. The van der Waals surface area contributed by atoms with E-state index in [2.05, 4.69) is 31.9 Å². The molecule has 0 atom stereocenters. The summed E-state index contributed by atoms with van der Waals surface area (Å²) in [7, 11) is 0. The van der Waals surface area contributed by atoms with Gasteiger partial charge in [-0.3, -0.25) is 0 Å². The van der Waals surface area contributed by atoms with Gasteiger partial charge in [0.1, 0.15) is 5.76 Å². The van der Waals surface area contributed by atoms with E-state index < -0.39 is 0 Å². The van der Waals surface area contributed by atoms with Crippen LogP contribution in [0.1, 0.15) is 5.76 Å². The Bertz CT molecular complexity index is 215. The molecule has 0 unspecified atom stereocenters. The Hall–Kier alpha value is -0.0200. The van der Waals surface area contributed by atoms with Crippen LogP contribution in [-0.2, 0) is 0 Å². The summed E-state index contributed by atoms with van der Waals surface area (Å²) >= 11 is 6.33. The number of rotatable bonds is 1. The first kappa shape index (κ1) is 7.09. The van der Waals surface area contributed by atoms with Crippen molar-refractivity contribution in [2.75, 3.05) is 0 Å². The molecule has 0 spiro atoms. The van der Waals surface area contributed by atoms with Crippen LogP contribution < -0.4 is 0 Å². The van der Waals surface area contributed by atoms with Gasteiger partial charge in [-0.15, -0.1) is 0 Å². The molecule has 1 aromatic heterocycles. The molecule has 0 bridgehead atoms. The van der Waals surface area contributed by atoms with Crippen molar-refractivity contribution >= 4 is 37.9 Å². The van der Waals surface area contributed by atoms with Crippen molar-refractivity contribution < 1.29 is 4.42 Å². The van der Waals surface area contributed by atoms with Gasteiger partial charge in [0.15, 0.2) is 4.67 Å². The zero-order valence-corrected chi connectivity index (χ0v) is 7.65. The first-order valence-electron chi connectivity index (χ1n) is 2.35. The van der Waals surface area contributed by atoms with Crippen LogP contribution in [0.5, 0.6) is 0 Å². The molecule has 1 nitrogen and oxygen atoms in total. The van der Waals surface area contributed by atoms with Crippen LogP contribution in [-0.4, -0.2) is 0 Å². The van der Waals surface area contributed by atoms with Gasteiger partial charge in [0.05, 0.1) is 0 Å². The summed E-state index contributed by atoms with van der Waals surface area (Å²) in [6, 6.07) is 3.73. The third-order valence-corrected chi connectivity index (χ3v) is 1.51. The van der Waals surface area contributed by atoms with Crippen LogP contribution in [0.4, 0.5) is 0 Å². The molecule has 0 radical (unpaired) electrons. The molecule has 0 saturated carbocycles. The van der Waals surface area contributed by atoms with Crippen molar-refractivity contribution in [3.63, 3.8) is 0 Å². The Morgan fingerprint density at radius 1 is 1.44 bits per heavy atom. The predicted octanol–water partition coefficient (Wildman–Crippen LogP) is 3.41. The largest absolute Gasteiger partial charge is 0.450 e. The molecule has 0 aliphatic heterocycles. The monoisotopic (exact) mass is 250 g/mol. The lowest BCUT2D eigenvalue weighted by molar-refractivity contribution is 0.531. The summed E-state index contributed by atoms with van der Waals surface area (Å²) in [5, 5.41) is 0. The Kier molecular flexibility index (Phi) is 2.54. The molecule has 0 aliphatic carbocycles. The molecule has 1 heterocycles. The highest BCUT2D eigenvalue weighted by molar-refractivity contribution is 9.11. The summed E-state index contributed by atoms with van der Waals surface area (Å²) in [6.45, 7) is 0. The van der Waals surface area contributed by atoms with Gasteiger partial charge in [-0.2, -0.15) is 0 Å². The predicted molar refractivity (Wildman–Crippen MR) is 44.4 cm³/mol. The van der Waals surface area contributed by atoms with E-state index in [-0.39, 0.29) is 0 Å². The van der Waals surface area contributed by atoms with Gasteiger partial charge in [-0.05, 0) is 39.1 Å². The maximum absolute atomic E-state index is 5.12. The molecule has 9 heavy (non-hydrogen) atoms. The van der Waals surface area contributed by atoms with E-state index in [1.807, 2.05) is 18.2 Å². The molecule has 0 aliphatic rings. The van der Waals surface area contributed by atoms with Crippen LogP contribution in [0.25, 0.3) is 6.08 Å². The van der Waals surface area contributed by atoms with Gasteiger partial charge in [0.2, 0.25) is 0 Å². The van der Waals surface area contributed by atoms with Crippen LogP contribution in [0, 0.1) is 0 Å². The van der Waals surface area contributed by atoms with Gasteiger partial charge < -0.3 is 4.42 Å². The number of halogens is 2. The van der Waals surface area contributed by atoms with Crippen LogP contribution in [0.15, 0.2) is 26.2 Å². The van der Waals surface area contributed by atoms with Crippen LogP contribution in [0.2, 0.25) is 0 Å². The van der Waals surface area contributed by atoms with Crippen LogP contribution >= 0.6 is 31.9 Å². The Morgan fingerprint density at radius 3 is 2.67 bits per heavy atom. The van der Waals surface area contributed by atoms with Gasteiger partial charge in [0.25, 0.3) is 0 Å². The van der Waals surface area contributed by atoms with E-state index in [4.69, 9.17) is 4.42 Å². The fraction of sp³-hybridized carbons (Fsp3) is 0. The molecule has 0 saturated heterocycles. The second kappa shape index (κ2) is 3.22. The SMILES string of the molecule is Br/C=C\c1ccc(Br)o1. The van der Waals surface area contributed by atoms with Gasteiger partial charge >= 0.3 is 0 Å². The van der Waals surface area contributed by atoms with Crippen molar-refractivity contribution in [1.29, 1.82) is 0 Å². The standard InChI is InChI=1S/C6H4Br2O/c7-4-3-5-1-2-6(8)9-5/h1-4H/b4-3-. The lowest BCUT2D eigenvalue weighted by Crippen LogP contribution is -1.53. The molecule has 3 heteroatoms. The van der Waals surface area contributed by atoms with E-state index in [0.29, 0.717) is 0 Å². The zero-order chi connectivity index (χ0) is 6.69. The van der Waals surface area contributed by atoms with E-state index in [1.165, 1.54) is 0 Å². The lowest BCUT2D eigenvalue weighted by Gasteiger charge is -1.78. The third kappa shape index (κ3) is 1.99. The molecule has 48 valence electrons. The minimum absolute atomic E-state index is 0.753. The number of hydrogen-bond acceptors (Lipinski definition) is 1. The number of hydrogen-bond donors (Lipinski definition) is 0. The number of furan rings is 1. The fourth-order valence-corrected chi connectivity index (χ4v) is 1.06. The highest BCUT2D eigenvalue weighted by atomic mass is 79.9. The molecule has 0 amide bonds. The maximum atomic E-state index is 5.12. The summed E-state index contributed by atoms with van der Waals surface area (Å²) in [5.41, 5.74) is 0. The first-order valence-corrected chi connectivity index (χ1v) is 4.06.